The minimum Gasteiger partial charge on any atom is -0.395 e. The summed E-state index contributed by atoms with van der Waals surface area (Å²) in [6.45, 7) is 10.5. The second kappa shape index (κ2) is 14.7. The first-order chi connectivity index (χ1) is 14.5. The fourth-order valence-corrected chi connectivity index (χ4v) is 4.80. The predicted molar refractivity (Wildman–Crippen MR) is 134 cm³/mol. The van der Waals surface area contributed by atoms with Crippen molar-refractivity contribution >= 4 is 11.8 Å². The summed E-state index contributed by atoms with van der Waals surface area (Å²) in [6, 6.07) is 10.4. The van der Waals surface area contributed by atoms with Gasteiger partial charge in [0.05, 0.1) is 13.2 Å². The normalized spacial score (nSPS) is 16.4. The molecule has 2 unspecified atom stereocenters. The van der Waals surface area contributed by atoms with Gasteiger partial charge in [-0.25, -0.2) is 0 Å². The number of aliphatic hydroxyl groups is 2. The molecule has 1 aromatic carbocycles. The van der Waals surface area contributed by atoms with E-state index in [0.29, 0.717) is 0 Å². The summed E-state index contributed by atoms with van der Waals surface area (Å²) in [5.74, 6) is 2.34. The summed E-state index contributed by atoms with van der Waals surface area (Å²) < 4.78 is 0. The molecule has 0 amide bonds. The molecule has 30 heavy (non-hydrogen) atoms. The fourth-order valence-electron chi connectivity index (χ4n) is 3.77. The Hall–Kier alpha value is -1.29. The molecule has 0 aliphatic rings. The van der Waals surface area contributed by atoms with Crippen LogP contribution in [0.5, 0.6) is 0 Å². The number of benzene rings is 1. The van der Waals surface area contributed by atoms with E-state index in [-0.39, 0.29) is 24.0 Å². The Morgan fingerprint density at radius 2 is 1.60 bits per heavy atom. The van der Waals surface area contributed by atoms with Gasteiger partial charge in [-0.05, 0) is 55.2 Å². The number of hydrogen-bond acceptors (Lipinski definition) is 3. The molecule has 2 atom stereocenters. The van der Waals surface area contributed by atoms with Crippen LogP contribution in [0.25, 0.3) is 0 Å². The van der Waals surface area contributed by atoms with Crippen molar-refractivity contribution < 1.29 is 10.2 Å². The number of rotatable bonds is 16. The standard InChI is InChI=1S/C27H42O2S/c1-5-14-24(15-6-2)26(3,22-28)18-10-12-20-30-21-13-11-19-27(4,23-29)25-16-8-7-9-17-25/h5-9,14-17,28-29H,1,10-13,18-23H2,2-4H3/b15-6-,24-14+. The molecule has 0 fully saturated rings. The van der Waals surface area contributed by atoms with E-state index < -0.39 is 0 Å². The molecule has 0 bridgehead atoms. The van der Waals surface area contributed by atoms with Crippen LogP contribution in [0.1, 0.15) is 64.9 Å². The van der Waals surface area contributed by atoms with Gasteiger partial charge in [0.1, 0.15) is 0 Å². The number of hydrogen-bond donors (Lipinski definition) is 2. The smallest absolute Gasteiger partial charge is 0.0525 e. The van der Waals surface area contributed by atoms with Crippen molar-refractivity contribution in [3.05, 3.63) is 72.4 Å². The van der Waals surface area contributed by atoms with E-state index >= 15 is 0 Å². The molecule has 1 aromatic rings. The number of unbranched alkanes of at least 4 members (excludes halogenated alkanes) is 2. The van der Waals surface area contributed by atoms with Crippen molar-refractivity contribution in [2.24, 2.45) is 5.41 Å². The lowest BCUT2D eigenvalue weighted by molar-refractivity contribution is 0.165. The minimum absolute atomic E-state index is 0.135. The zero-order valence-corrected chi connectivity index (χ0v) is 20.1. The highest BCUT2D eigenvalue weighted by Crippen LogP contribution is 2.34. The van der Waals surface area contributed by atoms with Gasteiger partial charge in [0, 0.05) is 10.8 Å². The molecule has 0 aliphatic heterocycles. The highest BCUT2D eigenvalue weighted by Gasteiger charge is 2.26. The van der Waals surface area contributed by atoms with Gasteiger partial charge in [-0.2, -0.15) is 11.8 Å². The van der Waals surface area contributed by atoms with E-state index in [4.69, 9.17) is 0 Å². The van der Waals surface area contributed by atoms with Crippen LogP contribution in [0.4, 0.5) is 0 Å². The van der Waals surface area contributed by atoms with Gasteiger partial charge >= 0.3 is 0 Å². The average molecular weight is 431 g/mol. The highest BCUT2D eigenvalue weighted by atomic mass is 32.2. The van der Waals surface area contributed by atoms with Crippen LogP contribution in [-0.4, -0.2) is 34.9 Å². The Balaban J connectivity index is 2.27. The maximum atomic E-state index is 9.95. The maximum Gasteiger partial charge on any atom is 0.0525 e. The van der Waals surface area contributed by atoms with E-state index in [9.17, 15) is 10.2 Å². The molecule has 168 valence electrons. The Bertz CT molecular complexity index is 652. The molecule has 1 rings (SSSR count). The van der Waals surface area contributed by atoms with Crippen molar-refractivity contribution in [2.45, 2.75) is 64.7 Å². The summed E-state index contributed by atoms with van der Waals surface area (Å²) in [7, 11) is 0. The molecule has 0 aromatic heterocycles. The second-order valence-electron chi connectivity index (χ2n) is 8.69. The van der Waals surface area contributed by atoms with Gasteiger partial charge < -0.3 is 10.2 Å². The summed E-state index contributed by atoms with van der Waals surface area (Å²) in [5.41, 5.74) is 2.05. The van der Waals surface area contributed by atoms with E-state index in [2.05, 4.69) is 50.8 Å². The number of allylic oxidation sites excluding steroid dienone is 4. The number of thioether (sulfide) groups is 1. The SMILES string of the molecule is C=C/C=C(\C=C/C)C(C)(CO)CCCCSCCCCC(C)(CO)c1ccccc1. The van der Waals surface area contributed by atoms with Crippen LogP contribution in [0.2, 0.25) is 0 Å². The van der Waals surface area contributed by atoms with Gasteiger partial charge in [0.2, 0.25) is 0 Å². The molecule has 0 saturated carbocycles. The Morgan fingerprint density at radius 3 is 2.13 bits per heavy atom. The first kappa shape index (κ1) is 26.7. The zero-order chi connectivity index (χ0) is 22.3. The Morgan fingerprint density at radius 1 is 0.967 bits per heavy atom. The lowest BCUT2D eigenvalue weighted by Gasteiger charge is -2.29. The molecule has 0 aliphatic carbocycles. The largest absolute Gasteiger partial charge is 0.395 e. The number of aliphatic hydroxyl groups excluding tert-OH is 2. The second-order valence-corrected chi connectivity index (χ2v) is 9.91. The van der Waals surface area contributed by atoms with Crippen LogP contribution in [0, 0.1) is 5.41 Å². The van der Waals surface area contributed by atoms with Gasteiger partial charge in [-0.1, -0.05) is 87.9 Å². The van der Waals surface area contributed by atoms with Gasteiger partial charge in [-0.3, -0.25) is 0 Å². The van der Waals surface area contributed by atoms with Crippen molar-refractivity contribution in [1.82, 2.24) is 0 Å². The van der Waals surface area contributed by atoms with E-state index in [1.54, 1.807) is 6.08 Å². The van der Waals surface area contributed by atoms with E-state index in [0.717, 1.165) is 31.3 Å². The monoisotopic (exact) mass is 430 g/mol. The van der Waals surface area contributed by atoms with Crippen LogP contribution < -0.4 is 0 Å². The summed E-state index contributed by atoms with van der Waals surface area (Å²) in [6.07, 6.45) is 14.6. The molecule has 2 N–H and O–H groups in total. The lowest BCUT2D eigenvalue weighted by Crippen LogP contribution is -2.26. The third-order valence-corrected chi connectivity index (χ3v) is 7.20. The molecule has 0 spiro atoms. The van der Waals surface area contributed by atoms with Crippen molar-refractivity contribution in [3.8, 4) is 0 Å². The molecule has 0 heterocycles. The average Bonchev–Trinajstić information content (AvgIpc) is 2.78. The van der Waals surface area contributed by atoms with Crippen molar-refractivity contribution in [2.75, 3.05) is 24.7 Å². The summed E-state index contributed by atoms with van der Waals surface area (Å²) in [5, 5.41) is 19.8. The first-order valence-electron chi connectivity index (χ1n) is 11.3. The molecule has 2 nitrogen and oxygen atoms in total. The first-order valence-corrected chi connectivity index (χ1v) is 12.4. The predicted octanol–water partition coefficient (Wildman–Crippen LogP) is 6.70. The third-order valence-electron chi connectivity index (χ3n) is 6.04. The van der Waals surface area contributed by atoms with Gasteiger partial charge in [0.15, 0.2) is 0 Å². The molecular weight excluding hydrogens is 388 g/mol. The van der Waals surface area contributed by atoms with Crippen molar-refractivity contribution in [1.29, 1.82) is 0 Å². The van der Waals surface area contributed by atoms with Gasteiger partial charge in [-0.15, -0.1) is 0 Å². The lowest BCUT2D eigenvalue weighted by atomic mass is 9.78. The molecule has 3 heteroatoms. The maximum absolute atomic E-state index is 9.95. The van der Waals surface area contributed by atoms with E-state index in [1.807, 2.05) is 36.9 Å². The van der Waals surface area contributed by atoms with Crippen LogP contribution in [0.15, 0.2) is 66.8 Å². The topological polar surface area (TPSA) is 40.5 Å². The Kier molecular flexibility index (Phi) is 13.1. The van der Waals surface area contributed by atoms with Crippen molar-refractivity contribution in [3.63, 3.8) is 0 Å². The highest BCUT2D eigenvalue weighted by molar-refractivity contribution is 7.99. The van der Waals surface area contributed by atoms with Gasteiger partial charge in [0.25, 0.3) is 0 Å². The molecular formula is C27H42O2S. The Labute approximate surface area is 189 Å². The van der Waals surface area contributed by atoms with Crippen LogP contribution in [-0.2, 0) is 5.41 Å². The van der Waals surface area contributed by atoms with Crippen LogP contribution >= 0.6 is 11.8 Å². The zero-order valence-electron chi connectivity index (χ0n) is 19.3. The fraction of sp³-hybridized carbons (Fsp3) is 0.556. The summed E-state index contributed by atoms with van der Waals surface area (Å²) in [4.78, 5) is 0. The molecule has 0 radical (unpaired) electrons. The quantitative estimate of drug-likeness (QED) is 0.226. The molecule has 0 saturated heterocycles. The third kappa shape index (κ3) is 8.83. The minimum atomic E-state index is -0.197. The summed E-state index contributed by atoms with van der Waals surface area (Å²) >= 11 is 2.02. The van der Waals surface area contributed by atoms with E-state index in [1.165, 1.54) is 29.9 Å². The van der Waals surface area contributed by atoms with Crippen LogP contribution in [0.3, 0.4) is 0 Å².